The first-order chi connectivity index (χ1) is 9.70. The normalized spacial score (nSPS) is 19.4. The van der Waals surface area contributed by atoms with Crippen LogP contribution in [0.2, 0.25) is 0 Å². The Balaban J connectivity index is 1.96. The molecule has 4 nitrogen and oxygen atoms in total. The van der Waals surface area contributed by atoms with Gasteiger partial charge in [-0.2, -0.15) is 5.12 Å². The van der Waals surface area contributed by atoms with Crippen molar-refractivity contribution in [3.05, 3.63) is 42.6 Å². The Morgan fingerprint density at radius 1 is 1.05 bits per heavy atom. The van der Waals surface area contributed by atoms with Crippen molar-refractivity contribution >= 4 is 22.9 Å². The van der Waals surface area contributed by atoms with Crippen LogP contribution in [0.1, 0.15) is 13.8 Å². The Morgan fingerprint density at radius 3 is 2.50 bits per heavy atom. The van der Waals surface area contributed by atoms with Gasteiger partial charge in [-0.05, 0) is 38.1 Å². The van der Waals surface area contributed by atoms with Crippen LogP contribution in [0.15, 0.2) is 42.6 Å². The molecular weight excluding hydrogens is 255 g/mol. The first kappa shape index (κ1) is 11.5. The molecule has 2 aliphatic rings. The molecule has 0 radical (unpaired) electrons. The van der Waals surface area contributed by atoms with Gasteiger partial charge in [0.15, 0.2) is 5.82 Å². The molecule has 0 amide bonds. The summed E-state index contributed by atoms with van der Waals surface area (Å²) >= 11 is 0. The fourth-order valence-corrected chi connectivity index (χ4v) is 3.10. The maximum atomic E-state index is 14.8. The molecule has 4 rings (SSSR count). The standard InChI is InChI=1S/C15H15FN4/c1-10(2)18-13-8-5-9-17-14(13)19-11-6-3-4-7-12(11)20(16)15(18)19/h3-10,15H,1-2H3. The summed E-state index contributed by atoms with van der Waals surface area (Å²) in [6, 6.07) is 11.6. The van der Waals surface area contributed by atoms with Crippen LogP contribution in [0.25, 0.3) is 0 Å². The highest BCUT2D eigenvalue weighted by Gasteiger charge is 2.49. The van der Waals surface area contributed by atoms with Gasteiger partial charge in [-0.25, -0.2) is 4.98 Å². The summed E-state index contributed by atoms with van der Waals surface area (Å²) in [5.74, 6) is 0.818. The van der Waals surface area contributed by atoms with Gasteiger partial charge < -0.3 is 4.90 Å². The van der Waals surface area contributed by atoms with E-state index in [2.05, 4.69) is 23.7 Å². The zero-order valence-corrected chi connectivity index (χ0v) is 11.4. The number of benzene rings is 1. The van der Waals surface area contributed by atoms with E-state index in [1.165, 1.54) is 0 Å². The van der Waals surface area contributed by atoms with Crippen LogP contribution >= 0.6 is 0 Å². The number of pyridine rings is 1. The van der Waals surface area contributed by atoms with Crippen LogP contribution in [-0.2, 0) is 0 Å². The fourth-order valence-electron chi connectivity index (χ4n) is 3.10. The molecule has 2 aliphatic heterocycles. The van der Waals surface area contributed by atoms with Crippen LogP contribution < -0.4 is 14.9 Å². The van der Waals surface area contributed by atoms with Gasteiger partial charge in [0.25, 0.3) is 0 Å². The number of para-hydroxylation sites is 2. The molecule has 0 N–H and O–H groups in total. The lowest BCUT2D eigenvalue weighted by Crippen LogP contribution is -2.49. The molecule has 0 saturated carbocycles. The van der Waals surface area contributed by atoms with Gasteiger partial charge in [-0.3, -0.25) is 4.90 Å². The number of aromatic nitrogens is 1. The molecule has 1 atom stereocenters. The lowest BCUT2D eigenvalue weighted by atomic mass is 10.2. The number of anilines is 4. The SMILES string of the molecule is CC(C)N1c2cccnc2N2c3ccccc3N(F)C21. The Hall–Kier alpha value is -2.30. The van der Waals surface area contributed by atoms with Crippen LogP contribution in [-0.4, -0.2) is 17.3 Å². The summed E-state index contributed by atoms with van der Waals surface area (Å²) in [6.45, 7) is 4.13. The third-order valence-corrected chi connectivity index (χ3v) is 3.88. The molecule has 2 aromatic rings. The average molecular weight is 270 g/mol. The molecule has 0 bridgehead atoms. The molecule has 1 aromatic heterocycles. The largest absolute Gasteiger partial charge is 0.326 e. The second-order valence-electron chi connectivity index (χ2n) is 5.36. The van der Waals surface area contributed by atoms with E-state index in [1.54, 1.807) is 12.3 Å². The number of nitrogens with zero attached hydrogens (tertiary/aromatic N) is 4. The van der Waals surface area contributed by atoms with Gasteiger partial charge in [-0.15, -0.1) is 0 Å². The zero-order chi connectivity index (χ0) is 13.9. The molecule has 1 unspecified atom stereocenters. The van der Waals surface area contributed by atoms with E-state index in [1.807, 2.05) is 35.2 Å². The lowest BCUT2D eigenvalue weighted by molar-refractivity contribution is 0.370. The highest BCUT2D eigenvalue weighted by atomic mass is 19.2. The van der Waals surface area contributed by atoms with E-state index in [4.69, 9.17) is 0 Å². The van der Waals surface area contributed by atoms with Crippen LogP contribution in [0.5, 0.6) is 0 Å². The molecule has 102 valence electrons. The summed E-state index contributed by atoms with van der Waals surface area (Å²) < 4.78 is 14.8. The maximum absolute atomic E-state index is 14.8. The molecule has 3 heterocycles. The summed E-state index contributed by atoms with van der Waals surface area (Å²) in [7, 11) is 0. The first-order valence-corrected chi connectivity index (χ1v) is 6.77. The first-order valence-electron chi connectivity index (χ1n) is 6.77. The van der Waals surface area contributed by atoms with Crippen LogP contribution in [0, 0.1) is 0 Å². The number of rotatable bonds is 1. The van der Waals surface area contributed by atoms with Crippen molar-refractivity contribution in [2.75, 3.05) is 14.9 Å². The number of fused-ring (bicyclic) bond motifs is 5. The van der Waals surface area contributed by atoms with Gasteiger partial charge in [0.05, 0.1) is 17.1 Å². The monoisotopic (exact) mass is 270 g/mol. The smallest absolute Gasteiger partial charge is 0.216 e. The van der Waals surface area contributed by atoms with E-state index in [-0.39, 0.29) is 6.04 Å². The van der Waals surface area contributed by atoms with Crippen molar-refractivity contribution in [2.45, 2.75) is 26.2 Å². The van der Waals surface area contributed by atoms with Gasteiger partial charge in [0.1, 0.15) is 0 Å². The Morgan fingerprint density at radius 2 is 1.75 bits per heavy atom. The number of hydrogen-bond donors (Lipinski definition) is 0. The molecule has 0 fully saturated rings. The Bertz CT molecular complexity index is 672. The predicted octanol–water partition coefficient (Wildman–Crippen LogP) is 3.44. The minimum absolute atomic E-state index is 0.181. The predicted molar refractivity (Wildman–Crippen MR) is 77.8 cm³/mol. The molecule has 1 aromatic carbocycles. The highest BCUT2D eigenvalue weighted by molar-refractivity contribution is 5.91. The second-order valence-corrected chi connectivity index (χ2v) is 5.36. The fraction of sp³-hybridized carbons (Fsp3) is 0.267. The minimum atomic E-state index is -0.475. The third-order valence-electron chi connectivity index (χ3n) is 3.88. The number of halogens is 1. The summed E-state index contributed by atoms with van der Waals surface area (Å²) in [6.07, 6.45) is 1.28. The summed E-state index contributed by atoms with van der Waals surface area (Å²) in [4.78, 5) is 8.48. The van der Waals surface area contributed by atoms with Crippen LogP contribution in [0.3, 0.4) is 0 Å². The second kappa shape index (κ2) is 3.85. The van der Waals surface area contributed by atoms with E-state index < -0.39 is 6.29 Å². The van der Waals surface area contributed by atoms with Crippen LogP contribution in [0.4, 0.5) is 27.4 Å². The van der Waals surface area contributed by atoms with Crippen molar-refractivity contribution in [1.82, 2.24) is 4.98 Å². The Labute approximate surface area is 117 Å². The molecule has 0 saturated heterocycles. The topological polar surface area (TPSA) is 22.6 Å². The van der Waals surface area contributed by atoms with E-state index in [0.717, 1.165) is 22.3 Å². The highest BCUT2D eigenvalue weighted by Crippen LogP contribution is 2.52. The van der Waals surface area contributed by atoms with E-state index in [9.17, 15) is 4.48 Å². The van der Waals surface area contributed by atoms with Gasteiger partial charge >= 0.3 is 0 Å². The van der Waals surface area contributed by atoms with Gasteiger partial charge in [0.2, 0.25) is 6.29 Å². The number of hydrogen-bond acceptors (Lipinski definition) is 4. The molecule has 20 heavy (non-hydrogen) atoms. The minimum Gasteiger partial charge on any atom is -0.326 e. The summed E-state index contributed by atoms with van der Waals surface area (Å²) in [5, 5.41) is 0.830. The quantitative estimate of drug-likeness (QED) is 0.740. The van der Waals surface area contributed by atoms with Crippen molar-refractivity contribution < 1.29 is 4.48 Å². The van der Waals surface area contributed by atoms with Gasteiger partial charge in [0, 0.05) is 12.2 Å². The molecule has 0 aliphatic carbocycles. The zero-order valence-electron chi connectivity index (χ0n) is 11.4. The summed E-state index contributed by atoms with van der Waals surface area (Å²) in [5.41, 5.74) is 2.44. The third kappa shape index (κ3) is 1.27. The Kier molecular flexibility index (Phi) is 2.22. The van der Waals surface area contributed by atoms with Crippen molar-refractivity contribution in [2.24, 2.45) is 0 Å². The van der Waals surface area contributed by atoms with E-state index in [0.29, 0.717) is 5.69 Å². The molecule has 5 heteroatoms. The van der Waals surface area contributed by atoms with E-state index >= 15 is 0 Å². The van der Waals surface area contributed by atoms with Crippen molar-refractivity contribution in [1.29, 1.82) is 0 Å². The molecule has 0 spiro atoms. The van der Waals surface area contributed by atoms with Crippen molar-refractivity contribution in [3.63, 3.8) is 0 Å². The van der Waals surface area contributed by atoms with Gasteiger partial charge in [-0.1, -0.05) is 16.6 Å². The average Bonchev–Trinajstić information content (AvgIpc) is 2.94. The lowest BCUT2D eigenvalue weighted by Gasteiger charge is -2.32. The maximum Gasteiger partial charge on any atom is 0.216 e. The van der Waals surface area contributed by atoms with Crippen molar-refractivity contribution in [3.8, 4) is 0 Å². The molecular formula is C15H15FN4.